The third kappa shape index (κ3) is 2.78. The zero-order valence-electron chi connectivity index (χ0n) is 10.4. The molecule has 1 aliphatic heterocycles. The van der Waals surface area contributed by atoms with Crippen molar-refractivity contribution in [3.63, 3.8) is 0 Å². The summed E-state index contributed by atoms with van der Waals surface area (Å²) in [6.07, 6.45) is 2.23. The van der Waals surface area contributed by atoms with Crippen molar-refractivity contribution in [1.29, 1.82) is 0 Å². The van der Waals surface area contributed by atoms with Crippen molar-refractivity contribution in [3.05, 3.63) is 10.5 Å². The summed E-state index contributed by atoms with van der Waals surface area (Å²) in [7, 11) is 0. The van der Waals surface area contributed by atoms with Gasteiger partial charge in [0.1, 0.15) is 0 Å². The van der Waals surface area contributed by atoms with Crippen molar-refractivity contribution in [2.24, 2.45) is 0 Å². The van der Waals surface area contributed by atoms with Gasteiger partial charge in [0.05, 0.1) is 0 Å². The molecule has 0 spiro atoms. The summed E-state index contributed by atoms with van der Waals surface area (Å²) in [5.41, 5.74) is -0.0535. The lowest BCUT2D eigenvalue weighted by atomic mass is 10.4. The lowest BCUT2D eigenvalue weighted by molar-refractivity contribution is 0.255. The summed E-state index contributed by atoms with van der Waals surface area (Å²) in [5.74, 6) is 0.997. The minimum atomic E-state index is -0.0535. The summed E-state index contributed by atoms with van der Waals surface area (Å²) < 4.78 is 1.82. The zero-order valence-corrected chi connectivity index (χ0v) is 11.2. The summed E-state index contributed by atoms with van der Waals surface area (Å²) in [4.78, 5) is 14.1. The Bertz CT molecular complexity index is 447. The van der Waals surface area contributed by atoms with Crippen molar-refractivity contribution < 1.29 is 0 Å². The number of aromatic amines is 1. The molecule has 0 radical (unpaired) electrons. The maximum Gasteiger partial charge on any atom is 0.344 e. The van der Waals surface area contributed by atoms with Gasteiger partial charge in [-0.2, -0.15) is 0 Å². The highest BCUT2D eigenvalue weighted by Crippen LogP contribution is 2.35. The number of piperazine rings is 1. The van der Waals surface area contributed by atoms with Gasteiger partial charge in [0, 0.05) is 44.5 Å². The molecule has 18 heavy (non-hydrogen) atoms. The fourth-order valence-electron chi connectivity index (χ4n) is 2.25. The smallest absolute Gasteiger partial charge is 0.314 e. The Morgan fingerprint density at radius 1 is 1.33 bits per heavy atom. The molecule has 2 N–H and O–H groups in total. The highest BCUT2D eigenvalue weighted by Gasteiger charge is 2.28. The molecule has 0 amide bonds. The Morgan fingerprint density at radius 2 is 2.11 bits per heavy atom. The second-order valence-corrected chi connectivity index (χ2v) is 5.91. The van der Waals surface area contributed by atoms with Crippen LogP contribution in [0.2, 0.25) is 0 Å². The number of nitrogens with zero attached hydrogens (tertiary/aromatic N) is 3. The molecule has 1 aromatic heterocycles. The molecule has 0 unspecified atom stereocenters. The molecule has 6 nitrogen and oxygen atoms in total. The largest absolute Gasteiger partial charge is 0.344 e. The highest BCUT2D eigenvalue weighted by atomic mass is 32.2. The second kappa shape index (κ2) is 5.46. The van der Waals surface area contributed by atoms with Crippen LogP contribution in [0.15, 0.2) is 9.95 Å². The van der Waals surface area contributed by atoms with E-state index in [1.807, 2.05) is 4.57 Å². The molecule has 1 aliphatic carbocycles. The first-order chi connectivity index (χ1) is 8.84. The monoisotopic (exact) mass is 269 g/mol. The van der Waals surface area contributed by atoms with E-state index in [0.717, 1.165) is 56.5 Å². The molecular formula is C11H19N5OS. The van der Waals surface area contributed by atoms with Gasteiger partial charge in [-0.3, -0.25) is 9.47 Å². The van der Waals surface area contributed by atoms with E-state index in [1.165, 1.54) is 0 Å². The average Bonchev–Trinajstić information content (AvgIpc) is 3.16. The molecule has 1 saturated carbocycles. The van der Waals surface area contributed by atoms with Crippen molar-refractivity contribution >= 4 is 11.8 Å². The molecule has 2 heterocycles. The standard InChI is InChI=1S/C11H19N5OS/c17-10-13-14-11(16(10)9-1-2-9)18-8-7-15-5-3-12-4-6-15/h9,12H,1-8H2,(H,13,17). The summed E-state index contributed by atoms with van der Waals surface area (Å²) in [6.45, 7) is 5.48. The van der Waals surface area contributed by atoms with Gasteiger partial charge < -0.3 is 5.32 Å². The molecule has 7 heteroatoms. The Balaban J connectivity index is 1.52. The number of nitrogens with one attached hydrogen (secondary N) is 2. The van der Waals surface area contributed by atoms with Crippen LogP contribution in [0.3, 0.4) is 0 Å². The second-order valence-electron chi connectivity index (χ2n) is 4.85. The van der Waals surface area contributed by atoms with E-state index in [0.29, 0.717) is 6.04 Å². The number of rotatable bonds is 5. The fourth-order valence-corrected chi connectivity index (χ4v) is 3.26. The van der Waals surface area contributed by atoms with Gasteiger partial charge in [0.25, 0.3) is 0 Å². The van der Waals surface area contributed by atoms with Gasteiger partial charge in [-0.05, 0) is 12.8 Å². The van der Waals surface area contributed by atoms with E-state index in [9.17, 15) is 4.79 Å². The third-order valence-corrected chi connectivity index (χ3v) is 4.37. The molecule has 3 rings (SSSR count). The van der Waals surface area contributed by atoms with Crippen LogP contribution in [0, 0.1) is 0 Å². The van der Waals surface area contributed by atoms with Crippen LogP contribution in [0.4, 0.5) is 0 Å². The first-order valence-corrected chi connectivity index (χ1v) is 7.56. The van der Waals surface area contributed by atoms with Crippen LogP contribution in [-0.2, 0) is 0 Å². The predicted octanol–water partition coefficient (Wildman–Crippen LogP) is -0.0964. The van der Waals surface area contributed by atoms with E-state index in [-0.39, 0.29) is 5.69 Å². The molecule has 0 aromatic carbocycles. The Morgan fingerprint density at radius 3 is 2.83 bits per heavy atom. The van der Waals surface area contributed by atoms with Gasteiger partial charge >= 0.3 is 5.69 Å². The molecule has 2 aliphatic rings. The maximum absolute atomic E-state index is 11.6. The predicted molar refractivity (Wildman–Crippen MR) is 71.2 cm³/mol. The maximum atomic E-state index is 11.6. The molecule has 2 fully saturated rings. The molecular weight excluding hydrogens is 250 g/mol. The quantitative estimate of drug-likeness (QED) is 0.731. The fraction of sp³-hybridized carbons (Fsp3) is 0.818. The number of hydrogen-bond acceptors (Lipinski definition) is 5. The van der Waals surface area contributed by atoms with Crippen LogP contribution in [0.1, 0.15) is 18.9 Å². The molecule has 1 aromatic rings. The zero-order chi connectivity index (χ0) is 12.4. The lowest BCUT2D eigenvalue weighted by Crippen LogP contribution is -2.44. The van der Waals surface area contributed by atoms with Crippen LogP contribution in [-0.4, -0.2) is 58.1 Å². The van der Waals surface area contributed by atoms with Gasteiger partial charge in [0.2, 0.25) is 0 Å². The number of H-pyrrole nitrogens is 1. The summed E-state index contributed by atoms with van der Waals surface area (Å²) >= 11 is 1.69. The lowest BCUT2D eigenvalue weighted by Gasteiger charge is -2.26. The number of thioether (sulfide) groups is 1. The van der Waals surface area contributed by atoms with Crippen LogP contribution in [0.25, 0.3) is 0 Å². The Hall–Kier alpha value is -0.790. The Labute approximate surface area is 110 Å². The summed E-state index contributed by atoms with van der Waals surface area (Å²) in [6, 6.07) is 0.401. The van der Waals surface area contributed by atoms with Gasteiger partial charge in [-0.15, -0.1) is 5.10 Å². The van der Waals surface area contributed by atoms with E-state index < -0.39 is 0 Å². The number of hydrogen-bond donors (Lipinski definition) is 2. The first-order valence-electron chi connectivity index (χ1n) is 6.57. The van der Waals surface area contributed by atoms with E-state index in [4.69, 9.17) is 0 Å². The van der Waals surface area contributed by atoms with Crippen molar-refractivity contribution in [2.75, 3.05) is 38.5 Å². The van der Waals surface area contributed by atoms with E-state index in [2.05, 4.69) is 20.4 Å². The van der Waals surface area contributed by atoms with Crippen LogP contribution < -0.4 is 11.0 Å². The third-order valence-electron chi connectivity index (χ3n) is 3.43. The van der Waals surface area contributed by atoms with Crippen LogP contribution >= 0.6 is 11.8 Å². The Kier molecular flexibility index (Phi) is 3.72. The molecule has 100 valence electrons. The van der Waals surface area contributed by atoms with Gasteiger partial charge in [0.15, 0.2) is 5.16 Å². The first kappa shape index (κ1) is 12.3. The van der Waals surface area contributed by atoms with E-state index >= 15 is 0 Å². The molecule has 1 saturated heterocycles. The topological polar surface area (TPSA) is 66.0 Å². The van der Waals surface area contributed by atoms with E-state index in [1.54, 1.807) is 11.8 Å². The molecule has 0 bridgehead atoms. The number of aromatic nitrogens is 3. The average molecular weight is 269 g/mol. The minimum Gasteiger partial charge on any atom is -0.314 e. The normalized spacial score (nSPS) is 21.3. The van der Waals surface area contributed by atoms with Gasteiger partial charge in [-0.1, -0.05) is 11.8 Å². The van der Waals surface area contributed by atoms with Crippen molar-refractivity contribution in [1.82, 2.24) is 25.0 Å². The van der Waals surface area contributed by atoms with Crippen molar-refractivity contribution in [3.8, 4) is 0 Å². The van der Waals surface area contributed by atoms with Gasteiger partial charge in [-0.25, -0.2) is 9.89 Å². The molecule has 0 atom stereocenters. The van der Waals surface area contributed by atoms with Crippen LogP contribution in [0.5, 0.6) is 0 Å². The SMILES string of the molecule is O=c1[nH]nc(SCCN2CCNCC2)n1C1CC1. The van der Waals surface area contributed by atoms with Crippen molar-refractivity contribution in [2.45, 2.75) is 24.0 Å². The minimum absolute atomic E-state index is 0.0535. The highest BCUT2D eigenvalue weighted by molar-refractivity contribution is 7.99. The summed E-state index contributed by atoms with van der Waals surface area (Å²) in [5, 5.41) is 10.9.